The summed E-state index contributed by atoms with van der Waals surface area (Å²) in [6.07, 6.45) is 0. The second kappa shape index (κ2) is 8.21. The Labute approximate surface area is 174 Å². The van der Waals surface area contributed by atoms with Gasteiger partial charge in [-0.05, 0) is 49.2 Å². The Hall–Kier alpha value is -2.56. The number of benzene rings is 3. The lowest BCUT2D eigenvalue weighted by Gasteiger charge is -2.12. The van der Waals surface area contributed by atoms with E-state index < -0.39 is 0 Å². The summed E-state index contributed by atoms with van der Waals surface area (Å²) in [5.74, 6) is 1.58. The van der Waals surface area contributed by atoms with Crippen LogP contribution in [-0.4, -0.2) is 14.8 Å². The SMILES string of the molecule is Cc1ccc(C)c(CSc2nnc(-c3ccccc3Cl)n2-c2ccccc2)c1. The summed E-state index contributed by atoms with van der Waals surface area (Å²) in [7, 11) is 0. The molecule has 0 fully saturated rings. The van der Waals surface area contributed by atoms with E-state index in [1.807, 2.05) is 42.5 Å². The molecule has 0 unspecified atom stereocenters. The lowest BCUT2D eigenvalue weighted by Crippen LogP contribution is -2.00. The molecule has 0 atom stereocenters. The third-order valence-corrected chi connectivity index (χ3v) is 5.93. The average Bonchev–Trinajstić information content (AvgIpc) is 3.13. The first-order valence-corrected chi connectivity index (χ1v) is 10.4. The number of rotatable bonds is 5. The number of aromatic nitrogens is 3. The fourth-order valence-corrected chi connectivity index (χ4v) is 4.32. The summed E-state index contributed by atoms with van der Waals surface area (Å²) in [5.41, 5.74) is 5.76. The van der Waals surface area contributed by atoms with Gasteiger partial charge in [0.15, 0.2) is 11.0 Å². The van der Waals surface area contributed by atoms with Gasteiger partial charge in [-0.2, -0.15) is 0 Å². The standard InChI is InChI=1S/C23H20ClN3S/c1-16-12-13-17(2)18(14-16)15-28-23-26-25-22(20-10-6-7-11-21(20)24)27(23)19-8-4-3-5-9-19/h3-14H,15H2,1-2H3. The molecule has 0 amide bonds. The molecule has 140 valence electrons. The van der Waals surface area contributed by atoms with Crippen LogP contribution in [0, 0.1) is 13.8 Å². The molecule has 0 bridgehead atoms. The smallest absolute Gasteiger partial charge is 0.196 e. The van der Waals surface area contributed by atoms with E-state index in [2.05, 4.69) is 58.9 Å². The molecule has 0 aliphatic rings. The second-order valence-corrected chi connectivity index (χ2v) is 8.03. The van der Waals surface area contributed by atoms with E-state index in [4.69, 9.17) is 11.6 Å². The van der Waals surface area contributed by atoms with E-state index >= 15 is 0 Å². The minimum Gasteiger partial charge on any atom is -0.270 e. The molecule has 0 aliphatic heterocycles. The highest BCUT2D eigenvalue weighted by Crippen LogP contribution is 2.33. The molecule has 4 aromatic rings. The first kappa shape index (κ1) is 18.8. The Bertz CT molecular complexity index is 1110. The fraction of sp³-hybridized carbons (Fsp3) is 0.130. The maximum atomic E-state index is 6.45. The molecule has 1 heterocycles. The van der Waals surface area contributed by atoms with Gasteiger partial charge in [0.25, 0.3) is 0 Å². The Balaban J connectivity index is 1.76. The van der Waals surface area contributed by atoms with E-state index in [1.165, 1.54) is 16.7 Å². The zero-order valence-corrected chi connectivity index (χ0v) is 17.3. The summed E-state index contributed by atoms with van der Waals surface area (Å²) in [4.78, 5) is 0. The van der Waals surface area contributed by atoms with Crippen molar-refractivity contribution in [2.45, 2.75) is 24.8 Å². The second-order valence-electron chi connectivity index (χ2n) is 6.68. The van der Waals surface area contributed by atoms with Crippen molar-refractivity contribution in [1.29, 1.82) is 0 Å². The van der Waals surface area contributed by atoms with Crippen molar-refractivity contribution in [3.05, 3.63) is 94.5 Å². The van der Waals surface area contributed by atoms with Crippen molar-refractivity contribution in [3.8, 4) is 17.1 Å². The molecule has 3 nitrogen and oxygen atoms in total. The van der Waals surface area contributed by atoms with Crippen LogP contribution in [0.25, 0.3) is 17.1 Å². The molecule has 4 rings (SSSR count). The minimum atomic E-state index is 0.665. The number of thioether (sulfide) groups is 1. The van der Waals surface area contributed by atoms with Crippen LogP contribution >= 0.6 is 23.4 Å². The van der Waals surface area contributed by atoms with E-state index in [1.54, 1.807) is 11.8 Å². The highest BCUT2D eigenvalue weighted by atomic mass is 35.5. The van der Waals surface area contributed by atoms with Gasteiger partial charge in [0.05, 0.1) is 5.02 Å². The molecule has 0 aliphatic carbocycles. The van der Waals surface area contributed by atoms with Crippen molar-refractivity contribution >= 4 is 23.4 Å². The van der Waals surface area contributed by atoms with Crippen molar-refractivity contribution in [3.63, 3.8) is 0 Å². The molecule has 3 aromatic carbocycles. The summed E-state index contributed by atoms with van der Waals surface area (Å²) < 4.78 is 2.08. The van der Waals surface area contributed by atoms with Gasteiger partial charge < -0.3 is 0 Å². The molecular weight excluding hydrogens is 386 g/mol. The highest BCUT2D eigenvalue weighted by Gasteiger charge is 2.18. The van der Waals surface area contributed by atoms with E-state index in [9.17, 15) is 0 Å². The maximum absolute atomic E-state index is 6.45. The van der Waals surface area contributed by atoms with Crippen LogP contribution in [0.5, 0.6) is 0 Å². The summed E-state index contributed by atoms with van der Waals surface area (Å²) in [5, 5.41) is 10.5. The van der Waals surface area contributed by atoms with Gasteiger partial charge in [-0.25, -0.2) is 0 Å². The Morgan fingerprint density at radius 2 is 1.64 bits per heavy atom. The van der Waals surface area contributed by atoms with Crippen LogP contribution < -0.4 is 0 Å². The quantitative estimate of drug-likeness (QED) is 0.355. The van der Waals surface area contributed by atoms with Gasteiger partial charge in [0.2, 0.25) is 0 Å². The Morgan fingerprint density at radius 3 is 2.43 bits per heavy atom. The van der Waals surface area contributed by atoms with Gasteiger partial charge >= 0.3 is 0 Å². The monoisotopic (exact) mass is 405 g/mol. The lowest BCUT2D eigenvalue weighted by molar-refractivity contribution is 0.886. The molecule has 5 heteroatoms. The van der Waals surface area contributed by atoms with Gasteiger partial charge in [-0.1, -0.05) is 77.5 Å². The maximum Gasteiger partial charge on any atom is 0.196 e. The minimum absolute atomic E-state index is 0.665. The van der Waals surface area contributed by atoms with E-state index in [0.29, 0.717) is 5.02 Å². The number of hydrogen-bond donors (Lipinski definition) is 0. The molecule has 0 saturated carbocycles. The Kier molecular flexibility index (Phi) is 5.51. The number of hydrogen-bond acceptors (Lipinski definition) is 3. The zero-order chi connectivity index (χ0) is 19.5. The van der Waals surface area contributed by atoms with Gasteiger partial charge in [-0.3, -0.25) is 4.57 Å². The summed E-state index contributed by atoms with van der Waals surface area (Å²) in [6.45, 7) is 4.27. The Morgan fingerprint density at radius 1 is 0.893 bits per heavy atom. The summed E-state index contributed by atoms with van der Waals surface area (Å²) in [6, 6.07) is 24.5. The van der Waals surface area contributed by atoms with Crippen LogP contribution in [0.15, 0.2) is 78.0 Å². The molecule has 0 radical (unpaired) electrons. The first-order valence-electron chi connectivity index (χ1n) is 9.08. The molecule has 28 heavy (non-hydrogen) atoms. The molecular formula is C23H20ClN3S. The fourth-order valence-electron chi connectivity index (χ4n) is 3.09. The van der Waals surface area contributed by atoms with Crippen molar-refractivity contribution in [2.24, 2.45) is 0 Å². The number of nitrogens with zero attached hydrogens (tertiary/aromatic N) is 3. The van der Waals surface area contributed by atoms with Crippen molar-refractivity contribution in [1.82, 2.24) is 14.8 Å². The van der Waals surface area contributed by atoms with Crippen LogP contribution in [0.4, 0.5) is 0 Å². The van der Waals surface area contributed by atoms with Crippen LogP contribution in [0.2, 0.25) is 5.02 Å². The molecule has 0 N–H and O–H groups in total. The number of halogens is 1. The van der Waals surface area contributed by atoms with Crippen molar-refractivity contribution in [2.75, 3.05) is 0 Å². The largest absolute Gasteiger partial charge is 0.270 e. The zero-order valence-electron chi connectivity index (χ0n) is 15.8. The van der Waals surface area contributed by atoms with Crippen LogP contribution in [0.1, 0.15) is 16.7 Å². The third kappa shape index (κ3) is 3.84. The van der Waals surface area contributed by atoms with Gasteiger partial charge in [-0.15, -0.1) is 10.2 Å². The molecule has 1 aromatic heterocycles. The van der Waals surface area contributed by atoms with Crippen LogP contribution in [-0.2, 0) is 5.75 Å². The predicted octanol–water partition coefficient (Wildman–Crippen LogP) is 6.50. The summed E-state index contributed by atoms with van der Waals surface area (Å²) >= 11 is 8.14. The normalized spacial score (nSPS) is 11.0. The highest BCUT2D eigenvalue weighted by molar-refractivity contribution is 7.98. The van der Waals surface area contributed by atoms with E-state index in [0.717, 1.165) is 28.0 Å². The topological polar surface area (TPSA) is 30.7 Å². The van der Waals surface area contributed by atoms with Gasteiger partial charge in [0.1, 0.15) is 0 Å². The lowest BCUT2D eigenvalue weighted by atomic mass is 10.1. The number of aryl methyl sites for hydroxylation is 2. The van der Waals surface area contributed by atoms with Crippen LogP contribution in [0.3, 0.4) is 0 Å². The predicted molar refractivity (Wildman–Crippen MR) is 117 cm³/mol. The molecule has 0 saturated heterocycles. The third-order valence-electron chi connectivity index (χ3n) is 4.62. The number of para-hydroxylation sites is 1. The first-order chi connectivity index (χ1) is 13.6. The van der Waals surface area contributed by atoms with Gasteiger partial charge in [0, 0.05) is 17.0 Å². The molecule has 0 spiro atoms. The average molecular weight is 406 g/mol. The van der Waals surface area contributed by atoms with Crippen molar-refractivity contribution < 1.29 is 0 Å². The van der Waals surface area contributed by atoms with E-state index in [-0.39, 0.29) is 0 Å².